The first kappa shape index (κ1) is 19.7. The van der Waals surface area contributed by atoms with Crippen molar-refractivity contribution in [3.8, 4) is 0 Å². The van der Waals surface area contributed by atoms with Crippen molar-refractivity contribution in [1.29, 1.82) is 0 Å². The van der Waals surface area contributed by atoms with E-state index in [1.54, 1.807) is 48.5 Å². The number of hydrogen-bond donors (Lipinski definition) is 2. The van der Waals surface area contributed by atoms with E-state index in [1.807, 2.05) is 42.5 Å². The third-order valence-corrected chi connectivity index (χ3v) is 5.11. The monoisotopic (exact) mass is 414 g/mol. The van der Waals surface area contributed by atoms with Crippen molar-refractivity contribution < 1.29 is 9.59 Å². The van der Waals surface area contributed by atoms with Crippen molar-refractivity contribution in [3.05, 3.63) is 107 Å². The SMILES string of the molecule is O=C(Cc1cccc2ccccc12)Nc1ccc(C(=O)Nc2ccccc2Cl)cc1. The molecule has 0 spiro atoms. The number of rotatable bonds is 5. The van der Waals surface area contributed by atoms with Crippen LogP contribution in [0.5, 0.6) is 0 Å². The molecule has 0 aromatic heterocycles. The van der Waals surface area contributed by atoms with Crippen LogP contribution in [0.3, 0.4) is 0 Å². The lowest BCUT2D eigenvalue weighted by molar-refractivity contribution is -0.115. The van der Waals surface area contributed by atoms with Gasteiger partial charge in [0.1, 0.15) is 0 Å². The summed E-state index contributed by atoms with van der Waals surface area (Å²) in [7, 11) is 0. The maximum Gasteiger partial charge on any atom is 0.255 e. The van der Waals surface area contributed by atoms with Crippen LogP contribution in [0.4, 0.5) is 11.4 Å². The average molecular weight is 415 g/mol. The Kier molecular flexibility index (Phi) is 5.77. The van der Waals surface area contributed by atoms with E-state index in [1.165, 1.54) is 0 Å². The van der Waals surface area contributed by atoms with Crippen molar-refractivity contribution in [2.45, 2.75) is 6.42 Å². The largest absolute Gasteiger partial charge is 0.326 e. The second kappa shape index (κ2) is 8.80. The molecule has 148 valence electrons. The Hall–Kier alpha value is -3.63. The fourth-order valence-corrected chi connectivity index (χ4v) is 3.47. The van der Waals surface area contributed by atoms with Gasteiger partial charge in [0.2, 0.25) is 5.91 Å². The van der Waals surface area contributed by atoms with Gasteiger partial charge in [-0.25, -0.2) is 0 Å². The number of benzene rings is 4. The van der Waals surface area contributed by atoms with Crippen molar-refractivity contribution in [2.75, 3.05) is 10.6 Å². The summed E-state index contributed by atoms with van der Waals surface area (Å²) >= 11 is 6.08. The first-order chi connectivity index (χ1) is 14.6. The zero-order chi connectivity index (χ0) is 20.9. The first-order valence-electron chi connectivity index (χ1n) is 9.52. The predicted molar refractivity (Wildman–Crippen MR) is 122 cm³/mol. The van der Waals surface area contributed by atoms with Gasteiger partial charge in [0.15, 0.2) is 0 Å². The summed E-state index contributed by atoms with van der Waals surface area (Å²) in [6.07, 6.45) is 0.274. The molecule has 0 aliphatic heterocycles. The molecule has 2 amide bonds. The zero-order valence-corrected chi connectivity index (χ0v) is 16.8. The molecule has 4 nitrogen and oxygen atoms in total. The molecule has 5 heteroatoms. The van der Waals surface area contributed by atoms with Gasteiger partial charge in [0.05, 0.1) is 17.1 Å². The molecule has 0 atom stereocenters. The van der Waals surface area contributed by atoms with E-state index >= 15 is 0 Å². The summed E-state index contributed by atoms with van der Waals surface area (Å²) in [4.78, 5) is 24.9. The van der Waals surface area contributed by atoms with Crippen molar-refractivity contribution >= 4 is 45.6 Å². The molecule has 4 rings (SSSR count). The molecular weight excluding hydrogens is 396 g/mol. The zero-order valence-electron chi connectivity index (χ0n) is 16.1. The third kappa shape index (κ3) is 4.50. The van der Waals surface area contributed by atoms with E-state index < -0.39 is 0 Å². The van der Waals surface area contributed by atoms with Crippen molar-refractivity contribution in [1.82, 2.24) is 0 Å². The van der Waals surface area contributed by atoms with Crippen LogP contribution >= 0.6 is 11.6 Å². The van der Waals surface area contributed by atoms with E-state index in [2.05, 4.69) is 10.6 Å². The topological polar surface area (TPSA) is 58.2 Å². The summed E-state index contributed by atoms with van der Waals surface area (Å²) in [5, 5.41) is 8.32. The number of amides is 2. The van der Waals surface area contributed by atoms with E-state index in [4.69, 9.17) is 11.6 Å². The maximum absolute atomic E-state index is 12.5. The number of nitrogens with one attached hydrogen (secondary N) is 2. The Balaban J connectivity index is 1.41. The summed E-state index contributed by atoms with van der Waals surface area (Å²) in [5.74, 6) is -0.378. The molecule has 0 saturated heterocycles. The van der Waals surface area contributed by atoms with Gasteiger partial charge < -0.3 is 10.6 Å². The molecule has 0 heterocycles. The normalized spacial score (nSPS) is 10.6. The fourth-order valence-electron chi connectivity index (χ4n) is 3.29. The highest BCUT2D eigenvalue weighted by molar-refractivity contribution is 6.33. The number of fused-ring (bicyclic) bond motifs is 1. The Morgan fingerprint density at radius 1 is 0.733 bits per heavy atom. The minimum atomic E-state index is -0.267. The summed E-state index contributed by atoms with van der Waals surface area (Å²) in [6.45, 7) is 0. The van der Waals surface area contributed by atoms with E-state index in [0.29, 0.717) is 22.0 Å². The maximum atomic E-state index is 12.5. The highest BCUT2D eigenvalue weighted by atomic mass is 35.5. The van der Waals surface area contributed by atoms with Gasteiger partial charge in [-0.05, 0) is 52.7 Å². The Bertz CT molecular complexity index is 1210. The number of halogens is 1. The molecule has 0 fully saturated rings. The van der Waals surface area contributed by atoms with Crippen LogP contribution in [-0.4, -0.2) is 11.8 Å². The molecule has 4 aromatic rings. The quantitative estimate of drug-likeness (QED) is 0.425. The lowest BCUT2D eigenvalue weighted by Crippen LogP contribution is -2.15. The summed E-state index contributed by atoms with van der Waals surface area (Å²) < 4.78 is 0. The number of anilines is 2. The van der Waals surface area contributed by atoms with Crippen LogP contribution in [0.15, 0.2) is 91.0 Å². The molecule has 30 heavy (non-hydrogen) atoms. The lowest BCUT2D eigenvalue weighted by atomic mass is 10.0. The number of carbonyl (C=O) groups is 2. The smallest absolute Gasteiger partial charge is 0.255 e. The molecule has 0 aliphatic carbocycles. The minimum Gasteiger partial charge on any atom is -0.326 e. The van der Waals surface area contributed by atoms with Gasteiger partial charge in [-0.15, -0.1) is 0 Å². The van der Waals surface area contributed by atoms with Crippen LogP contribution in [0.25, 0.3) is 10.8 Å². The van der Waals surface area contributed by atoms with E-state index in [9.17, 15) is 9.59 Å². The lowest BCUT2D eigenvalue weighted by Gasteiger charge is -2.09. The van der Waals surface area contributed by atoms with Crippen LogP contribution in [0.2, 0.25) is 5.02 Å². The molecule has 0 saturated carbocycles. The van der Waals surface area contributed by atoms with Gasteiger partial charge in [0.25, 0.3) is 5.91 Å². The molecule has 0 bridgehead atoms. The molecule has 0 unspecified atom stereocenters. The third-order valence-electron chi connectivity index (χ3n) is 4.78. The highest BCUT2D eigenvalue weighted by Crippen LogP contribution is 2.22. The Morgan fingerprint density at radius 2 is 1.43 bits per heavy atom. The molecule has 4 aromatic carbocycles. The predicted octanol–water partition coefficient (Wildman–Crippen LogP) is 5.93. The first-order valence-corrected chi connectivity index (χ1v) is 9.90. The molecular formula is C25H19ClN2O2. The Labute approximate surface area is 179 Å². The summed E-state index contributed by atoms with van der Waals surface area (Å²) in [5.41, 5.74) is 2.63. The number of carbonyl (C=O) groups excluding carboxylic acids is 2. The second-order valence-corrected chi connectivity index (χ2v) is 7.28. The van der Waals surface area contributed by atoms with Crippen LogP contribution < -0.4 is 10.6 Å². The van der Waals surface area contributed by atoms with Gasteiger partial charge in [-0.3, -0.25) is 9.59 Å². The Morgan fingerprint density at radius 3 is 2.23 bits per heavy atom. The standard InChI is InChI=1S/C25H19ClN2O2/c26-22-10-3-4-11-23(22)28-25(30)18-12-14-20(15-13-18)27-24(29)16-19-8-5-7-17-6-1-2-9-21(17)19/h1-15H,16H2,(H,27,29)(H,28,30). The number of hydrogen-bond acceptors (Lipinski definition) is 2. The van der Waals surface area contributed by atoms with E-state index in [-0.39, 0.29) is 18.2 Å². The van der Waals surface area contributed by atoms with Crippen LogP contribution in [0.1, 0.15) is 15.9 Å². The minimum absolute atomic E-state index is 0.111. The van der Waals surface area contributed by atoms with Crippen molar-refractivity contribution in [3.63, 3.8) is 0 Å². The van der Waals surface area contributed by atoms with Crippen molar-refractivity contribution in [2.24, 2.45) is 0 Å². The highest BCUT2D eigenvalue weighted by Gasteiger charge is 2.10. The van der Waals surface area contributed by atoms with Crippen LogP contribution in [0, 0.1) is 0 Å². The average Bonchev–Trinajstić information content (AvgIpc) is 2.76. The van der Waals surface area contributed by atoms with E-state index in [0.717, 1.165) is 16.3 Å². The molecule has 0 radical (unpaired) electrons. The molecule has 2 N–H and O–H groups in total. The fraction of sp³-hybridized carbons (Fsp3) is 0.0400. The van der Waals surface area contributed by atoms with Crippen LogP contribution in [-0.2, 0) is 11.2 Å². The molecule has 0 aliphatic rings. The van der Waals surface area contributed by atoms with Gasteiger partial charge in [-0.1, -0.05) is 66.2 Å². The van der Waals surface area contributed by atoms with Gasteiger partial charge in [-0.2, -0.15) is 0 Å². The second-order valence-electron chi connectivity index (χ2n) is 6.87. The summed E-state index contributed by atoms with van der Waals surface area (Å²) in [6, 6.07) is 27.8. The number of para-hydroxylation sites is 1. The van der Waals surface area contributed by atoms with Gasteiger partial charge >= 0.3 is 0 Å². The van der Waals surface area contributed by atoms with Gasteiger partial charge in [0, 0.05) is 11.3 Å².